The maximum atomic E-state index is 12.7. The number of furan rings is 1. The van der Waals surface area contributed by atoms with Crippen LogP contribution in [0.15, 0.2) is 59.2 Å². The summed E-state index contributed by atoms with van der Waals surface area (Å²) in [5.41, 5.74) is 3.66. The Morgan fingerprint density at radius 3 is 2.47 bits per heavy atom. The van der Waals surface area contributed by atoms with Crippen molar-refractivity contribution in [3.05, 3.63) is 93.0 Å². The van der Waals surface area contributed by atoms with Gasteiger partial charge in [-0.2, -0.15) is 0 Å². The van der Waals surface area contributed by atoms with E-state index >= 15 is 0 Å². The first kappa shape index (κ1) is 22.0. The normalized spacial score (nSPS) is 11.9. The molecule has 1 aromatic carbocycles. The van der Waals surface area contributed by atoms with Gasteiger partial charge in [-0.25, -0.2) is 9.97 Å². The lowest BCUT2D eigenvalue weighted by molar-refractivity contribution is 0.0997. The maximum absolute atomic E-state index is 12.7. The van der Waals surface area contributed by atoms with Gasteiger partial charge in [0.15, 0.2) is 5.76 Å². The second-order valence-electron chi connectivity index (χ2n) is 7.39. The quantitative estimate of drug-likeness (QED) is 0.328. The van der Waals surface area contributed by atoms with Crippen molar-refractivity contribution in [1.82, 2.24) is 9.97 Å². The number of anilines is 2. The fourth-order valence-electron chi connectivity index (χ4n) is 3.43. The van der Waals surface area contributed by atoms with Crippen LogP contribution < -0.4 is 10.6 Å². The molecule has 4 rings (SSSR count). The van der Waals surface area contributed by atoms with E-state index in [9.17, 15) is 4.79 Å². The van der Waals surface area contributed by atoms with E-state index in [0.717, 1.165) is 38.8 Å². The van der Waals surface area contributed by atoms with Gasteiger partial charge in [0.05, 0.1) is 12.3 Å². The Balaban J connectivity index is 1.77. The number of thiophene rings is 1. The number of aromatic nitrogens is 2. The lowest BCUT2D eigenvalue weighted by Gasteiger charge is -2.21. The number of amides is 1. The average Bonchev–Trinajstić information content (AvgIpc) is 3.42. The molecule has 0 unspecified atom stereocenters. The molecule has 2 N–H and O–H groups in total. The zero-order chi connectivity index (χ0) is 22.7. The van der Waals surface area contributed by atoms with Crippen LogP contribution in [0, 0.1) is 13.8 Å². The molecule has 0 fully saturated rings. The SMILES string of the molecule is CCc1cc([C@@H](Nc2nc(C)cc(C)n2)c2ccc(Cl)cc2)c(NC(=O)c2ccco2)s1. The van der Waals surface area contributed by atoms with Crippen LogP contribution in [0.2, 0.25) is 5.02 Å². The Labute approximate surface area is 195 Å². The first-order chi connectivity index (χ1) is 15.4. The highest BCUT2D eigenvalue weighted by atomic mass is 35.5. The Bertz CT molecular complexity index is 1200. The van der Waals surface area contributed by atoms with Crippen molar-refractivity contribution in [2.24, 2.45) is 0 Å². The summed E-state index contributed by atoms with van der Waals surface area (Å²) in [6, 6.07) is 14.7. The third-order valence-corrected chi connectivity index (χ3v) is 6.36. The number of carbonyl (C=O) groups is 1. The highest BCUT2D eigenvalue weighted by Crippen LogP contribution is 2.38. The first-order valence-corrected chi connectivity index (χ1v) is 11.4. The molecular weight excluding hydrogens is 444 g/mol. The summed E-state index contributed by atoms with van der Waals surface area (Å²) in [5, 5.41) is 7.89. The van der Waals surface area contributed by atoms with Crippen molar-refractivity contribution in [2.45, 2.75) is 33.2 Å². The number of nitrogens with one attached hydrogen (secondary N) is 2. The fourth-order valence-corrected chi connectivity index (χ4v) is 4.59. The molecule has 3 aromatic heterocycles. The summed E-state index contributed by atoms with van der Waals surface area (Å²) in [4.78, 5) is 23.0. The number of nitrogens with zero attached hydrogens (tertiary/aromatic N) is 2. The zero-order valence-electron chi connectivity index (χ0n) is 18.0. The van der Waals surface area contributed by atoms with Crippen molar-refractivity contribution in [2.75, 3.05) is 10.6 Å². The molecule has 0 aliphatic heterocycles. The second-order valence-corrected chi connectivity index (χ2v) is 8.96. The maximum Gasteiger partial charge on any atom is 0.291 e. The van der Waals surface area contributed by atoms with Crippen LogP contribution in [0.5, 0.6) is 0 Å². The molecule has 0 saturated carbocycles. The van der Waals surface area contributed by atoms with Crippen LogP contribution in [0.1, 0.15) is 50.9 Å². The molecule has 6 nitrogen and oxygen atoms in total. The predicted molar refractivity (Wildman–Crippen MR) is 129 cm³/mol. The first-order valence-electron chi connectivity index (χ1n) is 10.2. The monoisotopic (exact) mass is 466 g/mol. The molecule has 0 aliphatic rings. The summed E-state index contributed by atoms with van der Waals surface area (Å²) in [5.74, 6) is 0.490. The van der Waals surface area contributed by atoms with Crippen molar-refractivity contribution in [3.63, 3.8) is 0 Å². The number of halogens is 1. The smallest absolute Gasteiger partial charge is 0.291 e. The number of hydrogen-bond donors (Lipinski definition) is 2. The molecule has 164 valence electrons. The number of aryl methyl sites for hydroxylation is 3. The van der Waals surface area contributed by atoms with Crippen LogP contribution in [0.25, 0.3) is 0 Å². The predicted octanol–water partition coefficient (Wildman–Crippen LogP) is 6.42. The van der Waals surface area contributed by atoms with Crippen LogP contribution in [-0.2, 0) is 6.42 Å². The largest absolute Gasteiger partial charge is 0.459 e. The number of carbonyl (C=O) groups excluding carboxylic acids is 1. The van der Waals surface area contributed by atoms with E-state index in [0.29, 0.717) is 11.0 Å². The topological polar surface area (TPSA) is 80.0 Å². The van der Waals surface area contributed by atoms with Gasteiger partial charge in [-0.1, -0.05) is 30.7 Å². The summed E-state index contributed by atoms with van der Waals surface area (Å²) >= 11 is 7.69. The van der Waals surface area contributed by atoms with Gasteiger partial charge >= 0.3 is 0 Å². The van der Waals surface area contributed by atoms with Gasteiger partial charge in [0, 0.05) is 26.9 Å². The van der Waals surface area contributed by atoms with Crippen LogP contribution in [0.3, 0.4) is 0 Å². The summed E-state index contributed by atoms with van der Waals surface area (Å²) < 4.78 is 5.26. The van der Waals surface area contributed by atoms with E-state index in [1.807, 2.05) is 44.2 Å². The Hall–Kier alpha value is -3.16. The van der Waals surface area contributed by atoms with Gasteiger partial charge < -0.3 is 15.1 Å². The zero-order valence-corrected chi connectivity index (χ0v) is 19.6. The highest BCUT2D eigenvalue weighted by molar-refractivity contribution is 7.16. The molecule has 1 amide bonds. The summed E-state index contributed by atoms with van der Waals surface area (Å²) in [6.07, 6.45) is 2.33. The third-order valence-electron chi connectivity index (χ3n) is 4.90. The molecule has 0 saturated heterocycles. The van der Waals surface area contributed by atoms with Crippen LogP contribution in [0.4, 0.5) is 10.9 Å². The Morgan fingerprint density at radius 1 is 1.12 bits per heavy atom. The number of benzene rings is 1. The minimum Gasteiger partial charge on any atom is -0.459 e. The lowest BCUT2D eigenvalue weighted by Crippen LogP contribution is -2.17. The summed E-state index contributed by atoms with van der Waals surface area (Å²) in [6.45, 7) is 5.96. The van der Waals surface area contributed by atoms with Crippen LogP contribution in [-0.4, -0.2) is 15.9 Å². The van der Waals surface area contributed by atoms with E-state index < -0.39 is 0 Å². The molecular formula is C24H23ClN4O2S. The van der Waals surface area contributed by atoms with E-state index in [4.69, 9.17) is 16.0 Å². The Morgan fingerprint density at radius 2 is 1.84 bits per heavy atom. The van der Waals surface area contributed by atoms with Crippen molar-refractivity contribution in [3.8, 4) is 0 Å². The molecule has 8 heteroatoms. The molecule has 3 heterocycles. The highest BCUT2D eigenvalue weighted by Gasteiger charge is 2.24. The molecule has 4 aromatic rings. The molecule has 1 atom stereocenters. The molecule has 32 heavy (non-hydrogen) atoms. The number of rotatable bonds is 7. The van der Waals surface area contributed by atoms with Crippen LogP contribution >= 0.6 is 22.9 Å². The van der Waals surface area contributed by atoms with E-state index in [2.05, 4.69) is 33.6 Å². The fraction of sp³-hybridized carbons (Fsp3) is 0.208. The average molecular weight is 467 g/mol. The van der Waals surface area contributed by atoms with Crippen molar-refractivity contribution in [1.29, 1.82) is 0 Å². The van der Waals surface area contributed by atoms with Gasteiger partial charge in [0.25, 0.3) is 5.91 Å². The Kier molecular flexibility index (Phi) is 6.58. The minimum atomic E-state index is -0.295. The number of hydrogen-bond acceptors (Lipinski definition) is 6. The molecule has 0 spiro atoms. The van der Waals surface area contributed by atoms with Gasteiger partial charge in [0.2, 0.25) is 5.95 Å². The van der Waals surface area contributed by atoms with Gasteiger partial charge in [0.1, 0.15) is 5.00 Å². The van der Waals surface area contributed by atoms with E-state index in [-0.39, 0.29) is 17.7 Å². The minimum absolute atomic E-state index is 0.260. The second kappa shape index (κ2) is 9.54. The van der Waals surface area contributed by atoms with Gasteiger partial charge in [-0.05, 0) is 62.2 Å². The van der Waals surface area contributed by atoms with E-state index in [1.54, 1.807) is 23.5 Å². The van der Waals surface area contributed by atoms with Gasteiger partial charge in [-0.15, -0.1) is 11.3 Å². The van der Waals surface area contributed by atoms with Crippen molar-refractivity contribution < 1.29 is 9.21 Å². The van der Waals surface area contributed by atoms with Gasteiger partial charge in [-0.3, -0.25) is 4.79 Å². The van der Waals surface area contributed by atoms with Crippen molar-refractivity contribution >= 4 is 39.8 Å². The van der Waals surface area contributed by atoms with E-state index in [1.165, 1.54) is 6.26 Å². The molecule has 0 bridgehead atoms. The third kappa shape index (κ3) is 5.00. The molecule has 0 aliphatic carbocycles. The standard InChI is InChI=1S/C24H23ClN4O2S/c1-4-18-13-19(23(32-18)29-22(30)20-6-5-11-31-20)21(16-7-9-17(25)10-8-16)28-24-26-14(2)12-15(3)27-24/h5-13,21H,4H2,1-3H3,(H,29,30)(H,26,27,28)/t21-/m0/s1. The lowest BCUT2D eigenvalue weighted by atomic mass is 10.00. The molecule has 0 radical (unpaired) electrons. The summed E-state index contributed by atoms with van der Waals surface area (Å²) in [7, 11) is 0.